The summed E-state index contributed by atoms with van der Waals surface area (Å²) >= 11 is 0. The minimum atomic E-state index is -0.607. The van der Waals surface area contributed by atoms with Crippen molar-refractivity contribution < 1.29 is 9.18 Å². The predicted octanol–water partition coefficient (Wildman–Crippen LogP) is 3.60. The number of aromatic amines is 1. The summed E-state index contributed by atoms with van der Waals surface area (Å²) in [5.41, 5.74) is 1.81. The molecule has 146 valence electrons. The van der Waals surface area contributed by atoms with E-state index in [0.717, 1.165) is 11.1 Å². The lowest BCUT2D eigenvalue weighted by Crippen LogP contribution is -2.28. The van der Waals surface area contributed by atoms with Crippen LogP contribution in [0.2, 0.25) is 0 Å². The standard InChI is InChI=1S/C20H18FN7O/c1-20(2,3)18(29)27-19-25-15(17-23-10-24-28-17)14-8-12(9-22-16(14)26-19)11-4-6-13(21)7-5-11/h4-10H,1-3H3,(H,23,24,28)(H,22,25,26,27,29). The molecule has 0 aliphatic carbocycles. The second kappa shape index (κ2) is 7.01. The summed E-state index contributed by atoms with van der Waals surface area (Å²) in [6, 6.07) is 7.97. The fourth-order valence-electron chi connectivity index (χ4n) is 2.66. The average molecular weight is 391 g/mol. The molecule has 0 fully saturated rings. The number of halogens is 1. The zero-order valence-corrected chi connectivity index (χ0v) is 16.1. The molecule has 4 rings (SSSR count). The van der Waals surface area contributed by atoms with Crippen molar-refractivity contribution in [2.24, 2.45) is 5.41 Å². The van der Waals surface area contributed by atoms with Crippen LogP contribution >= 0.6 is 0 Å². The maximum atomic E-state index is 13.2. The molecule has 8 nitrogen and oxygen atoms in total. The lowest BCUT2D eigenvalue weighted by Gasteiger charge is -2.17. The van der Waals surface area contributed by atoms with E-state index in [0.29, 0.717) is 22.6 Å². The number of carbonyl (C=O) groups excluding carboxylic acids is 1. The summed E-state index contributed by atoms with van der Waals surface area (Å²) in [5.74, 6) is 0.0169. The summed E-state index contributed by atoms with van der Waals surface area (Å²) in [6.45, 7) is 5.40. The Morgan fingerprint density at radius 2 is 1.83 bits per heavy atom. The molecular formula is C20H18FN7O. The van der Waals surface area contributed by atoms with Crippen molar-refractivity contribution in [3.63, 3.8) is 0 Å². The van der Waals surface area contributed by atoms with Crippen LogP contribution in [0.15, 0.2) is 42.9 Å². The minimum Gasteiger partial charge on any atom is -0.294 e. The van der Waals surface area contributed by atoms with Crippen molar-refractivity contribution in [2.45, 2.75) is 20.8 Å². The van der Waals surface area contributed by atoms with E-state index in [2.05, 4.69) is 35.5 Å². The zero-order chi connectivity index (χ0) is 20.6. The van der Waals surface area contributed by atoms with Crippen molar-refractivity contribution in [3.8, 4) is 22.6 Å². The summed E-state index contributed by atoms with van der Waals surface area (Å²) in [7, 11) is 0. The van der Waals surface area contributed by atoms with Gasteiger partial charge in [0.05, 0.1) is 0 Å². The summed E-state index contributed by atoms with van der Waals surface area (Å²) in [6.07, 6.45) is 3.01. The van der Waals surface area contributed by atoms with E-state index in [1.165, 1.54) is 18.5 Å². The fraction of sp³-hybridized carbons (Fsp3) is 0.200. The number of fused-ring (bicyclic) bond motifs is 1. The predicted molar refractivity (Wildman–Crippen MR) is 106 cm³/mol. The molecule has 0 radical (unpaired) electrons. The Bertz CT molecular complexity index is 1180. The highest BCUT2D eigenvalue weighted by atomic mass is 19.1. The van der Waals surface area contributed by atoms with E-state index >= 15 is 0 Å². The van der Waals surface area contributed by atoms with E-state index in [1.54, 1.807) is 39.1 Å². The molecule has 0 aliphatic heterocycles. The highest BCUT2D eigenvalue weighted by Crippen LogP contribution is 2.28. The van der Waals surface area contributed by atoms with E-state index in [1.807, 2.05) is 6.07 Å². The molecule has 0 bridgehead atoms. The first-order valence-corrected chi connectivity index (χ1v) is 8.92. The first kappa shape index (κ1) is 18.6. The number of H-pyrrole nitrogens is 1. The number of rotatable bonds is 3. The quantitative estimate of drug-likeness (QED) is 0.552. The third kappa shape index (κ3) is 3.79. The monoisotopic (exact) mass is 391 g/mol. The van der Waals surface area contributed by atoms with Crippen molar-refractivity contribution in [3.05, 3.63) is 48.7 Å². The van der Waals surface area contributed by atoms with Gasteiger partial charge in [-0.15, -0.1) is 0 Å². The molecule has 3 heterocycles. The number of amides is 1. The molecule has 0 aliphatic rings. The molecule has 4 aromatic rings. The van der Waals surface area contributed by atoms with Crippen LogP contribution in [0.4, 0.5) is 10.3 Å². The van der Waals surface area contributed by atoms with Gasteiger partial charge in [0.2, 0.25) is 11.9 Å². The SMILES string of the molecule is CC(C)(C)C(=O)Nc1nc(-c2ncn[nH]2)c2cc(-c3ccc(F)cc3)cnc2n1. The average Bonchev–Trinajstić information content (AvgIpc) is 3.21. The van der Waals surface area contributed by atoms with Crippen LogP contribution in [0.1, 0.15) is 20.8 Å². The third-order valence-corrected chi connectivity index (χ3v) is 4.27. The third-order valence-electron chi connectivity index (χ3n) is 4.27. The van der Waals surface area contributed by atoms with Crippen LogP contribution in [-0.2, 0) is 4.79 Å². The maximum absolute atomic E-state index is 13.2. The van der Waals surface area contributed by atoms with Crippen molar-refractivity contribution >= 4 is 22.9 Å². The van der Waals surface area contributed by atoms with Crippen molar-refractivity contribution in [1.82, 2.24) is 30.1 Å². The van der Waals surface area contributed by atoms with Gasteiger partial charge in [-0.3, -0.25) is 15.2 Å². The summed E-state index contributed by atoms with van der Waals surface area (Å²) < 4.78 is 13.2. The first-order chi connectivity index (χ1) is 13.8. The van der Waals surface area contributed by atoms with E-state index in [-0.39, 0.29) is 17.7 Å². The number of hydrogen-bond acceptors (Lipinski definition) is 6. The topological polar surface area (TPSA) is 109 Å². The van der Waals surface area contributed by atoms with Crippen LogP contribution in [0.25, 0.3) is 33.7 Å². The van der Waals surface area contributed by atoms with Crippen LogP contribution < -0.4 is 5.32 Å². The van der Waals surface area contributed by atoms with Crippen LogP contribution in [0.3, 0.4) is 0 Å². The molecule has 0 saturated heterocycles. The van der Waals surface area contributed by atoms with Crippen molar-refractivity contribution in [2.75, 3.05) is 5.32 Å². The molecular weight excluding hydrogens is 373 g/mol. The van der Waals surface area contributed by atoms with E-state index < -0.39 is 5.41 Å². The Morgan fingerprint density at radius 1 is 1.07 bits per heavy atom. The van der Waals surface area contributed by atoms with E-state index in [9.17, 15) is 9.18 Å². The number of hydrogen-bond donors (Lipinski definition) is 2. The summed E-state index contributed by atoms with van der Waals surface area (Å²) in [5, 5.41) is 10.0. The number of nitrogens with one attached hydrogen (secondary N) is 2. The van der Waals surface area contributed by atoms with Gasteiger partial charge in [-0.1, -0.05) is 32.9 Å². The number of carbonyl (C=O) groups is 1. The second-order valence-corrected chi connectivity index (χ2v) is 7.54. The largest absolute Gasteiger partial charge is 0.294 e. The Labute approximate surface area is 165 Å². The highest BCUT2D eigenvalue weighted by Gasteiger charge is 2.23. The number of anilines is 1. The highest BCUT2D eigenvalue weighted by molar-refractivity contribution is 5.96. The maximum Gasteiger partial charge on any atom is 0.232 e. The Hall–Kier alpha value is -3.75. The van der Waals surface area contributed by atoms with Gasteiger partial charge in [-0.25, -0.2) is 19.3 Å². The molecule has 29 heavy (non-hydrogen) atoms. The van der Waals surface area contributed by atoms with Gasteiger partial charge in [-0.05, 0) is 23.8 Å². The van der Waals surface area contributed by atoms with Gasteiger partial charge >= 0.3 is 0 Å². The van der Waals surface area contributed by atoms with Gasteiger partial charge in [0, 0.05) is 22.6 Å². The molecule has 0 saturated carbocycles. The number of aromatic nitrogens is 6. The molecule has 1 aromatic carbocycles. The summed E-state index contributed by atoms with van der Waals surface area (Å²) in [4.78, 5) is 29.8. The normalized spacial score (nSPS) is 11.6. The van der Waals surface area contributed by atoms with Crippen LogP contribution in [-0.4, -0.2) is 36.0 Å². The molecule has 1 amide bonds. The fourth-order valence-corrected chi connectivity index (χ4v) is 2.66. The molecule has 0 unspecified atom stereocenters. The first-order valence-electron chi connectivity index (χ1n) is 8.92. The zero-order valence-electron chi connectivity index (χ0n) is 16.1. The Morgan fingerprint density at radius 3 is 2.48 bits per heavy atom. The lowest BCUT2D eigenvalue weighted by atomic mass is 9.96. The minimum absolute atomic E-state index is 0.130. The Balaban J connectivity index is 1.86. The second-order valence-electron chi connectivity index (χ2n) is 7.54. The molecule has 3 aromatic heterocycles. The molecule has 0 atom stereocenters. The molecule has 2 N–H and O–H groups in total. The number of nitrogens with zero attached hydrogens (tertiary/aromatic N) is 5. The van der Waals surface area contributed by atoms with Crippen LogP contribution in [0.5, 0.6) is 0 Å². The van der Waals surface area contributed by atoms with Gasteiger partial charge in [0.15, 0.2) is 11.5 Å². The van der Waals surface area contributed by atoms with E-state index in [4.69, 9.17) is 0 Å². The molecule has 9 heteroatoms. The van der Waals surface area contributed by atoms with Gasteiger partial charge in [-0.2, -0.15) is 10.1 Å². The van der Waals surface area contributed by atoms with Crippen molar-refractivity contribution in [1.29, 1.82) is 0 Å². The lowest BCUT2D eigenvalue weighted by molar-refractivity contribution is -0.123. The van der Waals surface area contributed by atoms with Gasteiger partial charge in [0.1, 0.15) is 17.8 Å². The van der Waals surface area contributed by atoms with Gasteiger partial charge in [0.25, 0.3) is 0 Å². The Kier molecular flexibility index (Phi) is 4.50. The molecule has 0 spiro atoms. The smallest absolute Gasteiger partial charge is 0.232 e. The number of benzene rings is 1. The number of pyridine rings is 1. The van der Waals surface area contributed by atoms with Gasteiger partial charge < -0.3 is 0 Å². The van der Waals surface area contributed by atoms with Crippen LogP contribution in [0, 0.1) is 11.2 Å².